The first-order valence-electron chi connectivity index (χ1n) is 4.84. The van der Waals surface area contributed by atoms with E-state index in [0.717, 1.165) is 0 Å². The zero-order valence-electron chi connectivity index (χ0n) is 9.06. The van der Waals surface area contributed by atoms with Crippen molar-refractivity contribution in [1.82, 2.24) is 0 Å². The number of methoxy groups -OCH3 is 1. The van der Waals surface area contributed by atoms with Gasteiger partial charge in [-0.2, -0.15) is 5.26 Å². The minimum atomic E-state index is 0.0636. The van der Waals surface area contributed by atoms with Crippen LogP contribution < -0.4 is 15.2 Å². The van der Waals surface area contributed by atoms with Crippen LogP contribution in [0.2, 0.25) is 0 Å². The van der Waals surface area contributed by atoms with Gasteiger partial charge in [0, 0.05) is 25.2 Å². The van der Waals surface area contributed by atoms with Gasteiger partial charge in [-0.1, -0.05) is 0 Å². The standard InChI is InChI=1S/C11H14N2O3/c1-15-10-5-8(7-12)9(13)6-11(10)16-4-2-3-14/h5-6,14H,2-4,13H2,1H3. The Morgan fingerprint density at radius 1 is 1.44 bits per heavy atom. The Morgan fingerprint density at radius 3 is 2.75 bits per heavy atom. The minimum absolute atomic E-state index is 0.0636. The largest absolute Gasteiger partial charge is 0.493 e. The van der Waals surface area contributed by atoms with E-state index in [-0.39, 0.29) is 6.61 Å². The summed E-state index contributed by atoms with van der Waals surface area (Å²) in [5.41, 5.74) is 6.35. The summed E-state index contributed by atoms with van der Waals surface area (Å²) in [7, 11) is 1.49. The summed E-state index contributed by atoms with van der Waals surface area (Å²) in [6.45, 7) is 0.437. The number of anilines is 1. The molecule has 0 heterocycles. The van der Waals surface area contributed by atoms with E-state index in [1.165, 1.54) is 13.2 Å². The van der Waals surface area contributed by atoms with Gasteiger partial charge in [-0.15, -0.1) is 0 Å². The molecule has 0 radical (unpaired) electrons. The topological polar surface area (TPSA) is 88.5 Å². The number of ether oxygens (including phenoxy) is 2. The molecule has 0 aliphatic heterocycles. The Labute approximate surface area is 94.0 Å². The Kier molecular flexibility index (Phi) is 4.42. The second kappa shape index (κ2) is 5.83. The molecule has 0 unspecified atom stereocenters. The Morgan fingerprint density at radius 2 is 2.19 bits per heavy atom. The van der Waals surface area contributed by atoms with Crippen molar-refractivity contribution in [2.75, 3.05) is 26.1 Å². The third-order valence-electron chi connectivity index (χ3n) is 2.02. The van der Waals surface area contributed by atoms with E-state index in [2.05, 4.69) is 0 Å². The number of rotatable bonds is 5. The van der Waals surface area contributed by atoms with Gasteiger partial charge in [0.1, 0.15) is 6.07 Å². The number of hydrogen-bond donors (Lipinski definition) is 2. The molecule has 0 saturated heterocycles. The molecule has 0 saturated carbocycles. The van der Waals surface area contributed by atoms with Crippen LogP contribution in [0, 0.1) is 11.3 Å². The summed E-state index contributed by atoms with van der Waals surface area (Å²) < 4.78 is 10.5. The maximum atomic E-state index is 8.78. The van der Waals surface area contributed by atoms with Crippen molar-refractivity contribution in [3.05, 3.63) is 17.7 Å². The van der Waals surface area contributed by atoms with E-state index in [0.29, 0.717) is 35.8 Å². The third kappa shape index (κ3) is 2.78. The van der Waals surface area contributed by atoms with Gasteiger partial charge in [-0.25, -0.2) is 0 Å². The molecule has 0 atom stereocenters. The average molecular weight is 222 g/mol. The zero-order valence-corrected chi connectivity index (χ0v) is 9.06. The number of nitriles is 1. The molecule has 0 spiro atoms. The number of benzene rings is 1. The summed E-state index contributed by atoms with van der Waals surface area (Å²) in [4.78, 5) is 0. The first-order chi connectivity index (χ1) is 7.72. The van der Waals surface area contributed by atoms with Gasteiger partial charge in [-0.05, 0) is 0 Å². The highest BCUT2D eigenvalue weighted by Crippen LogP contribution is 2.31. The molecule has 1 aromatic rings. The molecule has 0 aliphatic rings. The second-order valence-corrected chi connectivity index (χ2v) is 3.13. The first-order valence-corrected chi connectivity index (χ1v) is 4.84. The van der Waals surface area contributed by atoms with Crippen molar-refractivity contribution in [1.29, 1.82) is 5.26 Å². The van der Waals surface area contributed by atoms with Crippen LogP contribution in [0.4, 0.5) is 5.69 Å². The van der Waals surface area contributed by atoms with Crippen LogP contribution in [0.25, 0.3) is 0 Å². The molecule has 1 rings (SSSR count). The molecule has 16 heavy (non-hydrogen) atoms. The van der Waals surface area contributed by atoms with Crippen molar-refractivity contribution in [2.45, 2.75) is 6.42 Å². The predicted molar refractivity (Wildman–Crippen MR) is 59.3 cm³/mol. The number of nitrogen functional groups attached to an aromatic ring is 1. The summed E-state index contributed by atoms with van der Waals surface area (Å²) in [5, 5.41) is 17.4. The quantitative estimate of drug-likeness (QED) is 0.571. The molecule has 5 nitrogen and oxygen atoms in total. The van der Waals surface area contributed by atoms with Gasteiger partial charge in [0.05, 0.1) is 25.0 Å². The molecule has 0 amide bonds. The van der Waals surface area contributed by atoms with Crippen LogP contribution in [0.5, 0.6) is 11.5 Å². The molecular weight excluding hydrogens is 208 g/mol. The normalized spacial score (nSPS) is 9.56. The van der Waals surface area contributed by atoms with Crippen LogP contribution in [-0.2, 0) is 0 Å². The number of nitrogens with two attached hydrogens (primary N) is 1. The van der Waals surface area contributed by atoms with Gasteiger partial charge in [0.15, 0.2) is 11.5 Å². The van der Waals surface area contributed by atoms with Crippen molar-refractivity contribution in [2.24, 2.45) is 0 Å². The molecule has 0 fully saturated rings. The Balaban J connectivity index is 2.91. The van der Waals surface area contributed by atoms with Crippen LogP contribution in [0.15, 0.2) is 12.1 Å². The molecule has 0 bridgehead atoms. The molecule has 3 N–H and O–H groups in total. The minimum Gasteiger partial charge on any atom is -0.493 e. The second-order valence-electron chi connectivity index (χ2n) is 3.13. The summed E-state index contributed by atoms with van der Waals surface area (Å²) >= 11 is 0. The SMILES string of the molecule is COc1cc(C#N)c(N)cc1OCCCO. The lowest BCUT2D eigenvalue weighted by atomic mass is 10.2. The van der Waals surface area contributed by atoms with E-state index < -0.39 is 0 Å². The van der Waals surface area contributed by atoms with Gasteiger partial charge in [-0.3, -0.25) is 0 Å². The molecular formula is C11H14N2O3. The Bertz CT molecular complexity index is 399. The van der Waals surface area contributed by atoms with Gasteiger partial charge in [0.2, 0.25) is 0 Å². The van der Waals surface area contributed by atoms with Crippen molar-refractivity contribution in [3.63, 3.8) is 0 Å². The highest BCUT2D eigenvalue weighted by Gasteiger charge is 2.09. The summed E-state index contributed by atoms with van der Waals surface area (Å²) in [6, 6.07) is 5.05. The molecule has 0 aliphatic carbocycles. The monoisotopic (exact) mass is 222 g/mol. The van der Waals surface area contributed by atoms with Crippen molar-refractivity contribution < 1.29 is 14.6 Å². The van der Waals surface area contributed by atoms with Gasteiger partial charge < -0.3 is 20.3 Å². The van der Waals surface area contributed by atoms with Crippen LogP contribution in [-0.4, -0.2) is 25.4 Å². The number of hydrogen-bond acceptors (Lipinski definition) is 5. The maximum Gasteiger partial charge on any atom is 0.163 e. The first kappa shape index (κ1) is 12.1. The number of aliphatic hydroxyl groups is 1. The smallest absolute Gasteiger partial charge is 0.163 e. The zero-order chi connectivity index (χ0) is 12.0. The highest BCUT2D eigenvalue weighted by molar-refractivity contribution is 5.62. The molecule has 86 valence electrons. The number of aliphatic hydroxyl groups excluding tert-OH is 1. The maximum absolute atomic E-state index is 8.78. The molecule has 5 heteroatoms. The van der Waals surface area contributed by atoms with E-state index in [1.807, 2.05) is 6.07 Å². The predicted octanol–water partition coefficient (Wildman–Crippen LogP) is 0.910. The fraction of sp³-hybridized carbons (Fsp3) is 0.364. The average Bonchev–Trinajstić information content (AvgIpc) is 2.30. The highest BCUT2D eigenvalue weighted by atomic mass is 16.5. The Hall–Kier alpha value is -1.93. The molecule has 0 aromatic heterocycles. The summed E-state index contributed by atoms with van der Waals surface area (Å²) in [6.07, 6.45) is 0.531. The van der Waals surface area contributed by atoms with Crippen LogP contribution in [0.1, 0.15) is 12.0 Å². The van der Waals surface area contributed by atoms with Crippen molar-refractivity contribution >= 4 is 5.69 Å². The lowest BCUT2D eigenvalue weighted by Gasteiger charge is -2.11. The van der Waals surface area contributed by atoms with E-state index in [1.54, 1.807) is 6.07 Å². The van der Waals surface area contributed by atoms with Gasteiger partial charge >= 0.3 is 0 Å². The fourth-order valence-corrected chi connectivity index (χ4v) is 1.19. The fourth-order valence-electron chi connectivity index (χ4n) is 1.19. The lowest BCUT2D eigenvalue weighted by Crippen LogP contribution is -2.03. The lowest BCUT2D eigenvalue weighted by molar-refractivity contribution is 0.228. The van der Waals surface area contributed by atoms with Crippen LogP contribution in [0.3, 0.4) is 0 Å². The van der Waals surface area contributed by atoms with Crippen LogP contribution >= 0.6 is 0 Å². The van der Waals surface area contributed by atoms with E-state index in [9.17, 15) is 0 Å². The summed E-state index contributed by atoms with van der Waals surface area (Å²) in [5.74, 6) is 0.941. The van der Waals surface area contributed by atoms with Gasteiger partial charge in [0.25, 0.3) is 0 Å². The van der Waals surface area contributed by atoms with E-state index >= 15 is 0 Å². The van der Waals surface area contributed by atoms with Crippen molar-refractivity contribution in [3.8, 4) is 17.6 Å². The molecule has 1 aromatic carbocycles. The van der Waals surface area contributed by atoms with E-state index in [4.69, 9.17) is 25.6 Å². The number of nitrogens with zero attached hydrogens (tertiary/aromatic N) is 1. The third-order valence-corrected chi connectivity index (χ3v) is 2.02.